The molecule has 196 valence electrons. The molecule has 2 aromatic carbocycles. The molecular formula is C27H21Cl2FN2O6. The lowest BCUT2D eigenvalue weighted by Crippen LogP contribution is -2.60. The standard InChI is InChI=1S/C27H21Cl2FN2O6/c1-38-18-4-2-3-17(33)20(18)21-14-9-10-15-19(23(35)31-22(15)34)16(14)11-26(28)24(36)32(25(37)27(21,26)29)13-7-5-12(30)6-8-13/h2-9,15-16,19,21,33H,10-11H2,1H3,(H,31,34,35). The molecule has 3 fully saturated rings. The highest BCUT2D eigenvalue weighted by Gasteiger charge is 2.77. The summed E-state index contributed by atoms with van der Waals surface area (Å²) in [6.45, 7) is 0. The Morgan fingerprint density at radius 2 is 1.74 bits per heavy atom. The Bertz CT molecular complexity index is 1460. The number of fused-ring (bicyclic) bond motifs is 4. The van der Waals surface area contributed by atoms with Gasteiger partial charge in [-0.15, -0.1) is 23.2 Å². The van der Waals surface area contributed by atoms with Gasteiger partial charge in [0.25, 0.3) is 11.8 Å². The van der Waals surface area contributed by atoms with Gasteiger partial charge in [-0.25, -0.2) is 9.29 Å². The average molecular weight is 559 g/mol. The van der Waals surface area contributed by atoms with Crippen molar-refractivity contribution in [2.24, 2.45) is 17.8 Å². The monoisotopic (exact) mass is 558 g/mol. The highest BCUT2D eigenvalue weighted by molar-refractivity contribution is 6.58. The van der Waals surface area contributed by atoms with Crippen molar-refractivity contribution in [2.45, 2.75) is 28.5 Å². The zero-order chi connectivity index (χ0) is 27.1. The third-order valence-corrected chi connectivity index (χ3v) is 9.70. The van der Waals surface area contributed by atoms with E-state index in [9.17, 15) is 28.7 Å². The Labute approximate surface area is 226 Å². The molecular weight excluding hydrogens is 538 g/mol. The summed E-state index contributed by atoms with van der Waals surface area (Å²) in [5, 5.41) is 13.4. The summed E-state index contributed by atoms with van der Waals surface area (Å²) < 4.78 is 19.2. The fourth-order valence-corrected chi connectivity index (χ4v) is 7.55. The normalized spacial score (nSPS) is 33.9. The van der Waals surface area contributed by atoms with Gasteiger partial charge in [-0.2, -0.15) is 0 Å². The van der Waals surface area contributed by atoms with Crippen molar-refractivity contribution >= 4 is 52.5 Å². The topological polar surface area (TPSA) is 113 Å². The van der Waals surface area contributed by atoms with Crippen molar-refractivity contribution in [3.05, 3.63) is 65.5 Å². The molecule has 4 amide bonds. The van der Waals surface area contributed by atoms with E-state index in [2.05, 4.69) is 5.32 Å². The van der Waals surface area contributed by atoms with Crippen LogP contribution in [0.15, 0.2) is 54.1 Å². The molecule has 6 atom stereocenters. The van der Waals surface area contributed by atoms with Crippen LogP contribution in [0.25, 0.3) is 0 Å². The van der Waals surface area contributed by atoms with Crippen LogP contribution in [0.5, 0.6) is 11.5 Å². The molecule has 1 saturated carbocycles. The van der Waals surface area contributed by atoms with Crippen LogP contribution in [0.3, 0.4) is 0 Å². The van der Waals surface area contributed by atoms with Crippen molar-refractivity contribution in [1.82, 2.24) is 5.32 Å². The van der Waals surface area contributed by atoms with Crippen LogP contribution >= 0.6 is 23.2 Å². The molecule has 2 N–H and O–H groups in total. The molecule has 2 heterocycles. The summed E-state index contributed by atoms with van der Waals surface area (Å²) in [4.78, 5) is 50.2. The van der Waals surface area contributed by atoms with Gasteiger partial charge in [0.1, 0.15) is 17.3 Å². The molecule has 0 bridgehead atoms. The van der Waals surface area contributed by atoms with Crippen molar-refractivity contribution in [3.63, 3.8) is 0 Å². The lowest BCUT2D eigenvalue weighted by atomic mass is 9.56. The number of alkyl halides is 2. The van der Waals surface area contributed by atoms with Crippen LogP contribution in [-0.2, 0) is 19.2 Å². The number of methoxy groups -OCH3 is 1. The molecule has 2 aliphatic heterocycles. The fourth-order valence-electron chi connectivity index (χ4n) is 6.63. The predicted molar refractivity (Wildman–Crippen MR) is 134 cm³/mol. The number of anilines is 1. The maximum Gasteiger partial charge on any atom is 0.258 e. The van der Waals surface area contributed by atoms with E-state index >= 15 is 0 Å². The highest BCUT2D eigenvalue weighted by atomic mass is 35.5. The summed E-state index contributed by atoms with van der Waals surface area (Å²) in [6.07, 6.45) is 1.74. The molecule has 38 heavy (non-hydrogen) atoms. The number of imide groups is 2. The van der Waals surface area contributed by atoms with Crippen molar-refractivity contribution < 1.29 is 33.4 Å². The van der Waals surface area contributed by atoms with Crippen LogP contribution in [0.1, 0.15) is 24.3 Å². The molecule has 8 nitrogen and oxygen atoms in total. The number of aromatic hydroxyl groups is 1. The first-order valence-corrected chi connectivity index (χ1v) is 12.7. The molecule has 2 aromatic rings. The number of rotatable bonds is 3. The lowest BCUT2D eigenvalue weighted by molar-refractivity contribution is -0.127. The number of halogens is 3. The van der Waals surface area contributed by atoms with Gasteiger partial charge in [0.2, 0.25) is 11.8 Å². The Morgan fingerprint density at radius 1 is 1.03 bits per heavy atom. The summed E-state index contributed by atoms with van der Waals surface area (Å²) in [6, 6.07) is 9.26. The smallest absolute Gasteiger partial charge is 0.258 e. The second-order valence-electron chi connectivity index (χ2n) is 10.00. The van der Waals surface area contributed by atoms with Gasteiger partial charge >= 0.3 is 0 Å². The van der Waals surface area contributed by atoms with Crippen molar-refractivity contribution in [2.75, 3.05) is 12.0 Å². The fraction of sp³-hybridized carbons (Fsp3) is 0.333. The van der Waals surface area contributed by atoms with E-state index in [4.69, 9.17) is 27.9 Å². The zero-order valence-electron chi connectivity index (χ0n) is 19.9. The number of carbonyl (C=O) groups is 4. The molecule has 0 aromatic heterocycles. The third kappa shape index (κ3) is 3.03. The summed E-state index contributed by atoms with van der Waals surface area (Å²) in [7, 11) is 1.38. The average Bonchev–Trinajstić information content (AvgIpc) is 3.26. The molecule has 0 radical (unpaired) electrons. The van der Waals surface area contributed by atoms with Gasteiger partial charge < -0.3 is 9.84 Å². The summed E-state index contributed by atoms with van der Waals surface area (Å²) in [5.41, 5.74) is 0.725. The van der Waals surface area contributed by atoms with Crippen molar-refractivity contribution in [1.29, 1.82) is 0 Å². The molecule has 6 unspecified atom stereocenters. The van der Waals surface area contributed by atoms with Gasteiger partial charge in [-0.05, 0) is 55.2 Å². The van der Waals surface area contributed by atoms with Crippen LogP contribution in [-0.4, -0.2) is 45.6 Å². The number of phenols is 1. The van der Waals surface area contributed by atoms with Crippen LogP contribution in [0, 0.1) is 23.6 Å². The van der Waals surface area contributed by atoms with Crippen LogP contribution in [0.2, 0.25) is 0 Å². The number of hydrogen-bond donors (Lipinski definition) is 2. The van der Waals surface area contributed by atoms with E-state index in [1.807, 2.05) is 0 Å². The maximum absolute atomic E-state index is 14.2. The molecule has 6 rings (SSSR count). The first kappa shape index (κ1) is 24.9. The van der Waals surface area contributed by atoms with Gasteiger partial charge in [0, 0.05) is 11.5 Å². The van der Waals surface area contributed by atoms with E-state index in [0.717, 1.165) is 17.0 Å². The number of benzene rings is 2. The zero-order valence-corrected chi connectivity index (χ0v) is 21.4. The Hall–Kier alpha value is -3.43. The second-order valence-corrected chi connectivity index (χ2v) is 11.2. The SMILES string of the molecule is COc1cccc(O)c1C1C2=CCC3C(=O)NC(=O)C3C2CC2(Cl)C(=O)N(c3ccc(F)cc3)C(=O)C12Cl. The molecule has 2 aliphatic carbocycles. The van der Waals surface area contributed by atoms with Crippen molar-refractivity contribution in [3.8, 4) is 11.5 Å². The quantitative estimate of drug-likeness (QED) is 0.339. The molecule has 4 aliphatic rings. The van der Waals surface area contributed by atoms with Gasteiger partial charge in [0.05, 0.1) is 24.6 Å². The Balaban J connectivity index is 1.62. The van der Waals surface area contributed by atoms with Gasteiger partial charge in [0.15, 0.2) is 9.75 Å². The summed E-state index contributed by atoms with van der Waals surface area (Å²) >= 11 is 14.4. The number of nitrogens with zero attached hydrogens (tertiary/aromatic N) is 1. The minimum absolute atomic E-state index is 0.0717. The largest absolute Gasteiger partial charge is 0.508 e. The van der Waals surface area contributed by atoms with E-state index in [-0.39, 0.29) is 35.6 Å². The molecule has 0 spiro atoms. The molecule has 11 heteroatoms. The number of ether oxygens (including phenoxy) is 1. The van der Waals surface area contributed by atoms with E-state index in [0.29, 0.717) is 5.57 Å². The Morgan fingerprint density at radius 3 is 2.42 bits per heavy atom. The van der Waals surface area contributed by atoms with E-state index in [1.54, 1.807) is 18.2 Å². The first-order chi connectivity index (χ1) is 18.0. The summed E-state index contributed by atoms with van der Waals surface area (Å²) in [5.74, 6) is -6.63. The number of allylic oxidation sites excluding steroid dienone is 2. The van der Waals surface area contributed by atoms with Gasteiger partial charge in [-0.1, -0.05) is 17.7 Å². The second kappa shape index (κ2) is 8.28. The lowest BCUT2D eigenvalue weighted by Gasteiger charge is -2.50. The van der Waals surface area contributed by atoms with E-state index < -0.39 is 62.9 Å². The minimum atomic E-state index is -2.15. The number of amides is 4. The number of carbonyl (C=O) groups excluding carboxylic acids is 4. The predicted octanol–water partition coefficient (Wildman–Crippen LogP) is 3.39. The number of hydrogen-bond acceptors (Lipinski definition) is 6. The number of nitrogens with one attached hydrogen (secondary N) is 1. The third-order valence-electron chi connectivity index (χ3n) is 8.29. The minimum Gasteiger partial charge on any atom is -0.508 e. The highest BCUT2D eigenvalue weighted by Crippen LogP contribution is 2.66. The maximum atomic E-state index is 14.2. The number of phenolic OH excluding ortho intramolecular Hbond substituents is 1. The van der Waals surface area contributed by atoms with Gasteiger partial charge in [-0.3, -0.25) is 24.5 Å². The first-order valence-electron chi connectivity index (χ1n) is 12.0. The van der Waals surface area contributed by atoms with Crippen LogP contribution in [0.4, 0.5) is 10.1 Å². The Kier molecular flexibility index (Phi) is 5.42. The van der Waals surface area contributed by atoms with E-state index in [1.165, 1.54) is 25.3 Å². The molecule has 2 saturated heterocycles. The van der Waals surface area contributed by atoms with Crippen LogP contribution < -0.4 is 15.0 Å².